The minimum absolute atomic E-state index is 0.269. The third-order valence-corrected chi connectivity index (χ3v) is 4.40. The van der Waals surface area contributed by atoms with Crippen molar-refractivity contribution in [1.82, 2.24) is 10.3 Å². The van der Waals surface area contributed by atoms with Gasteiger partial charge in [0.2, 0.25) is 5.89 Å². The van der Waals surface area contributed by atoms with E-state index >= 15 is 0 Å². The van der Waals surface area contributed by atoms with Crippen molar-refractivity contribution in [3.63, 3.8) is 0 Å². The molecule has 158 valence electrons. The summed E-state index contributed by atoms with van der Waals surface area (Å²) in [5.41, 5.74) is 4.60. The highest BCUT2D eigenvalue weighted by Gasteiger charge is 2.08. The molecular formula is C23H27N3O4. The van der Waals surface area contributed by atoms with Crippen molar-refractivity contribution in [3.8, 4) is 11.5 Å². The number of carbonyl (C=O) groups is 1. The van der Waals surface area contributed by atoms with Gasteiger partial charge in [-0.05, 0) is 36.8 Å². The van der Waals surface area contributed by atoms with Crippen LogP contribution >= 0.6 is 0 Å². The molecular weight excluding hydrogens is 382 g/mol. The van der Waals surface area contributed by atoms with Crippen LogP contribution in [0.1, 0.15) is 16.8 Å². The van der Waals surface area contributed by atoms with Crippen LogP contribution in [0.15, 0.2) is 59.2 Å². The van der Waals surface area contributed by atoms with Crippen LogP contribution in [-0.2, 0) is 22.5 Å². The number of carbonyl (C=O) groups excluding carboxylic acids is 1. The van der Waals surface area contributed by atoms with Crippen LogP contribution in [0.3, 0.4) is 0 Å². The van der Waals surface area contributed by atoms with Crippen molar-refractivity contribution in [3.05, 3.63) is 71.6 Å². The minimum Gasteiger partial charge on any atom is -0.444 e. The van der Waals surface area contributed by atoms with Crippen LogP contribution in [0.25, 0.3) is 11.5 Å². The van der Waals surface area contributed by atoms with Crippen molar-refractivity contribution in [2.75, 3.05) is 32.2 Å². The summed E-state index contributed by atoms with van der Waals surface area (Å²) in [7, 11) is 1.64. The normalized spacial score (nSPS) is 10.7. The number of oxazole rings is 1. The molecule has 2 N–H and O–H groups in total. The fourth-order valence-electron chi connectivity index (χ4n) is 2.80. The smallest absolute Gasteiger partial charge is 0.319 e. The summed E-state index contributed by atoms with van der Waals surface area (Å²) in [6.07, 6.45) is 2.21. The number of hydrogen-bond donors (Lipinski definition) is 2. The van der Waals surface area contributed by atoms with Gasteiger partial charge in [-0.2, -0.15) is 0 Å². The lowest BCUT2D eigenvalue weighted by atomic mass is 10.1. The molecule has 7 nitrogen and oxygen atoms in total. The second kappa shape index (κ2) is 11.1. The van der Waals surface area contributed by atoms with Crippen LogP contribution in [0, 0.1) is 6.92 Å². The lowest BCUT2D eigenvalue weighted by Gasteiger charge is -2.09. The van der Waals surface area contributed by atoms with Crippen molar-refractivity contribution < 1.29 is 18.7 Å². The number of aryl methyl sites for hydroxylation is 1. The van der Waals surface area contributed by atoms with Crippen molar-refractivity contribution >= 4 is 11.7 Å². The molecule has 3 aromatic rings. The summed E-state index contributed by atoms with van der Waals surface area (Å²) in [6.45, 7) is 4.04. The number of urea groups is 1. The molecule has 2 amide bonds. The Labute approximate surface area is 176 Å². The first-order valence-corrected chi connectivity index (χ1v) is 9.86. The van der Waals surface area contributed by atoms with Gasteiger partial charge in [-0.25, -0.2) is 9.78 Å². The van der Waals surface area contributed by atoms with E-state index in [1.165, 1.54) is 5.56 Å². The molecule has 7 heteroatoms. The number of rotatable bonds is 10. The minimum atomic E-state index is -0.269. The predicted molar refractivity (Wildman–Crippen MR) is 115 cm³/mol. The summed E-state index contributed by atoms with van der Waals surface area (Å²) >= 11 is 0. The van der Waals surface area contributed by atoms with Crippen LogP contribution in [0.4, 0.5) is 10.5 Å². The number of nitrogens with zero attached hydrogens (tertiary/aromatic N) is 1. The number of nitrogens with one attached hydrogen (secondary N) is 2. The average Bonchev–Trinajstić information content (AvgIpc) is 3.21. The number of amides is 2. The van der Waals surface area contributed by atoms with Gasteiger partial charge in [0.1, 0.15) is 6.26 Å². The highest BCUT2D eigenvalue weighted by Crippen LogP contribution is 2.19. The highest BCUT2D eigenvalue weighted by atomic mass is 16.5. The van der Waals surface area contributed by atoms with Crippen LogP contribution in [0.2, 0.25) is 0 Å². The molecule has 30 heavy (non-hydrogen) atoms. The first kappa shape index (κ1) is 21.5. The molecule has 2 aromatic carbocycles. The second-order valence-electron chi connectivity index (χ2n) is 6.89. The molecule has 1 aromatic heterocycles. The Morgan fingerprint density at radius 1 is 1.13 bits per heavy atom. The zero-order valence-electron chi connectivity index (χ0n) is 17.3. The van der Waals surface area contributed by atoms with Gasteiger partial charge < -0.3 is 24.5 Å². The number of benzene rings is 2. The SMILES string of the molecule is COCCOCc1cccc(NC(=O)NCCc2coc(-c3ccc(C)cc3)n2)c1. The van der Waals surface area contributed by atoms with E-state index in [9.17, 15) is 4.79 Å². The number of methoxy groups -OCH3 is 1. The van der Waals surface area contributed by atoms with Crippen molar-refractivity contribution in [1.29, 1.82) is 0 Å². The van der Waals surface area contributed by atoms with E-state index in [4.69, 9.17) is 13.9 Å². The molecule has 0 saturated carbocycles. The summed E-state index contributed by atoms with van der Waals surface area (Å²) in [6, 6.07) is 15.3. The monoisotopic (exact) mass is 409 g/mol. The van der Waals surface area contributed by atoms with E-state index in [-0.39, 0.29) is 6.03 Å². The third-order valence-electron chi connectivity index (χ3n) is 4.40. The zero-order chi connectivity index (χ0) is 21.2. The highest BCUT2D eigenvalue weighted by molar-refractivity contribution is 5.89. The summed E-state index contributed by atoms with van der Waals surface area (Å²) < 4.78 is 16.0. The van der Waals surface area contributed by atoms with Gasteiger partial charge in [-0.15, -0.1) is 0 Å². The Kier molecular flexibility index (Phi) is 8.00. The molecule has 0 unspecified atom stereocenters. The van der Waals surface area contributed by atoms with E-state index in [1.54, 1.807) is 13.4 Å². The van der Waals surface area contributed by atoms with Gasteiger partial charge >= 0.3 is 6.03 Å². The molecule has 3 rings (SSSR count). The van der Waals surface area contributed by atoms with Gasteiger partial charge in [0.15, 0.2) is 0 Å². The largest absolute Gasteiger partial charge is 0.444 e. The number of anilines is 1. The molecule has 0 atom stereocenters. The van der Waals surface area contributed by atoms with Gasteiger partial charge in [-0.1, -0.05) is 29.8 Å². The summed E-state index contributed by atoms with van der Waals surface area (Å²) in [5.74, 6) is 0.582. The maximum absolute atomic E-state index is 12.2. The molecule has 0 spiro atoms. The van der Waals surface area contributed by atoms with Crippen molar-refractivity contribution in [2.24, 2.45) is 0 Å². The van der Waals surface area contributed by atoms with Gasteiger partial charge in [-0.3, -0.25) is 0 Å². The lowest BCUT2D eigenvalue weighted by Crippen LogP contribution is -2.30. The maximum atomic E-state index is 12.2. The average molecular weight is 409 g/mol. The number of aromatic nitrogens is 1. The Hall–Kier alpha value is -3.16. The predicted octanol–water partition coefficient (Wildman–Crippen LogP) is 4.18. The zero-order valence-corrected chi connectivity index (χ0v) is 17.3. The lowest BCUT2D eigenvalue weighted by molar-refractivity contribution is 0.0617. The molecule has 0 aliphatic heterocycles. The van der Waals surface area contributed by atoms with E-state index in [0.29, 0.717) is 44.4 Å². The molecule has 0 saturated heterocycles. The quantitative estimate of drug-likeness (QED) is 0.491. The second-order valence-corrected chi connectivity index (χ2v) is 6.89. The molecule has 0 radical (unpaired) electrons. The third kappa shape index (κ3) is 6.72. The Morgan fingerprint density at radius 3 is 2.77 bits per heavy atom. The molecule has 0 aliphatic carbocycles. The van der Waals surface area contributed by atoms with Crippen molar-refractivity contribution in [2.45, 2.75) is 20.0 Å². The molecule has 0 bridgehead atoms. The number of ether oxygens (including phenoxy) is 2. The van der Waals surface area contributed by atoms with Crippen LogP contribution in [0.5, 0.6) is 0 Å². The van der Waals surface area contributed by atoms with E-state index < -0.39 is 0 Å². The van der Waals surface area contributed by atoms with Gasteiger partial charge in [0.05, 0.1) is 25.5 Å². The van der Waals surface area contributed by atoms with E-state index in [1.807, 2.05) is 55.5 Å². The van der Waals surface area contributed by atoms with Gasteiger partial charge in [0, 0.05) is 31.3 Å². The Balaban J connectivity index is 1.42. The standard InChI is InChI=1S/C23H27N3O4/c1-17-6-8-19(9-7-17)22-25-21(16-30-22)10-11-24-23(27)26-20-5-3-4-18(14-20)15-29-13-12-28-2/h3-9,14,16H,10-13,15H2,1-2H3,(H2,24,26,27). The fourth-order valence-corrected chi connectivity index (χ4v) is 2.80. The topological polar surface area (TPSA) is 85.6 Å². The Bertz CT molecular complexity index is 938. The van der Waals surface area contributed by atoms with E-state index in [0.717, 1.165) is 16.8 Å². The molecule has 1 heterocycles. The van der Waals surface area contributed by atoms with E-state index in [2.05, 4.69) is 15.6 Å². The first-order chi connectivity index (χ1) is 14.6. The fraction of sp³-hybridized carbons (Fsp3) is 0.304. The summed E-state index contributed by atoms with van der Waals surface area (Å²) in [4.78, 5) is 16.6. The molecule has 0 fully saturated rings. The van der Waals surface area contributed by atoms with Crippen LogP contribution < -0.4 is 10.6 Å². The number of hydrogen-bond acceptors (Lipinski definition) is 5. The molecule has 0 aliphatic rings. The first-order valence-electron chi connectivity index (χ1n) is 9.86. The Morgan fingerprint density at radius 2 is 1.97 bits per heavy atom. The van der Waals surface area contributed by atoms with Crippen LogP contribution in [-0.4, -0.2) is 37.9 Å². The maximum Gasteiger partial charge on any atom is 0.319 e. The van der Waals surface area contributed by atoms with Gasteiger partial charge in [0.25, 0.3) is 0 Å². The summed E-state index contributed by atoms with van der Waals surface area (Å²) in [5, 5.41) is 5.67.